The van der Waals surface area contributed by atoms with Crippen molar-refractivity contribution >= 4 is 12.2 Å². The summed E-state index contributed by atoms with van der Waals surface area (Å²) in [5, 5.41) is 0. The highest BCUT2D eigenvalue weighted by Gasteiger charge is 2.33. The Balaban J connectivity index is 0.000000591. The number of carbonyl (C=O) groups is 2. The van der Waals surface area contributed by atoms with Crippen molar-refractivity contribution < 1.29 is 9.59 Å². The number of rotatable bonds is 1. The van der Waals surface area contributed by atoms with E-state index in [1.165, 1.54) is 62.5 Å². The van der Waals surface area contributed by atoms with Gasteiger partial charge in [0.15, 0.2) is 0 Å². The molecule has 2 unspecified atom stereocenters. The van der Waals surface area contributed by atoms with Gasteiger partial charge in [-0.2, -0.15) is 0 Å². The summed E-state index contributed by atoms with van der Waals surface area (Å²) in [6, 6.07) is 9.43. The Hall–Kier alpha value is -1.64. The predicted octanol–water partition coefficient (Wildman–Crippen LogP) is 6.55. The number of piperidine rings is 1. The lowest BCUT2D eigenvalue weighted by atomic mass is 9.75. The van der Waals surface area contributed by atoms with Crippen molar-refractivity contribution in [2.75, 3.05) is 6.54 Å². The van der Waals surface area contributed by atoms with Gasteiger partial charge in [-0.15, -0.1) is 0 Å². The Labute approximate surface area is 184 Å². The first-order valence-electron chi connectivity index (χ1n) is 11.9. The van der Waals surface area contributed by atoms with E-state index < -0.39 is 0 Å². The second kappa shape index (κ2) is 12.3. The Morgan fingerprint density at radius 1 is 1.00 bits per heavy atom. The van der Waals surface area contributed by atoms with Crippen LogP contribution in [0.2, 0.25) is 0 Å². The zero-order valence-corrected chi connectivity index (χ0v) is 18.4. The van der Waals surface area contributed by atoms with Crippen molar-refractivity contribution in [1.29, 1.82) is 0 Å². The molecule has 2 bridgehead atoms. The minimum atomic E-state index is 0. The Kier molecular flexibility index (Phi) is 10.1. The lowest BCUT2D eigenvalue weighted by Crippen LogP contribution is -2.48. The summed E-state index contributed by atoms with van der Waals surface area (Å²) in [4.78, 5) is 24.4. The van der Waals surface area contributed by atoms with Crippen LogP contribution in [-0.4, -0.2) is 29.7 Å². The molecule has 2 fully saturated rings. The number of hydrogen-bond donors (Lipinski definition) is 0. The van der Waals surface area contributed by atoms with Gasteiger partial charge in [0.05, 0.1) is 0 Å². The topological polar surface area (TPSA) is 37.4 Å². The SMILES string of the molecule is C.CC1CCCN2C(=O)CCc3ccccc3C3CCC(CC3)CCC12.CCC=O. The number of amides is 1. The minimum Gasteiger partial charge on any atom is -0.339 e. The van der Waals surface area contributed by atoms with Crippen molar-refractivity contribution in [2.24, 2.45) is 11.8 Å². The molecule has 0 radical (unpaired) electrons. The molecule has 0 N–H and O–H groups in total. The average molecular weight is 414 g/mol. The lowest BCUT2D eigenvalue weighted by molar-refractivity contribution is -0.136. The smallest absolute Gasteiger partial charge is 0.223 e. The predicted molar refractivity (Wildman–Crippen MR) is 126 cm³/mol. The molecule has 3 heteroatoms. The van der Waals surface area contributed by atoms with E-state index in [1.54, 1.807) is 0 Å². The molecular weight excluding hydrogens is 370 g/mol. The van der Waals surface area contributed by atoms with Gasteiger partial charge in [-0.25, -0.2) is 0 Å². The van der Waals surface area contributed by atoms with Gasteiger partial charge in [0.2, 0.25) is 5.91 Å². The van der Waals surface area contributed by atoms with Crippen LogP contribution in [0.1, 0.15) is 103 Å². The zero-order valence-electron chi connectivity index (χ0n) is 18.4. The van der Waals surface area contributed by atoms with Crippen molar-refractivity contribution in [1.82, 2.24) is 4.90 Å². The van der Waals surface area contributed by atoms with Gasteiger partial charge in [0.1, 0.15) is 6.29 Å². The lowest BCUT2D eigenvalue weighted by Gasteiger charge is -2.41. The third kappa shape index (κ3) is 6.18. The first-order valence-corrected chi connectivity index (χ1v) is 11.9. The maximum atomic E-state index is 13.0. The molecule has 4 aliphatic rings. The Morgan fingerprint density at radius 2 is 1.67 bits per heavy atom. The number of carbonyl (C=O) groups excluding carboxylic acids is 2. The first kappa shape index (κ1) is 24.6. The van der Waals surface area contributed by atoms with Gasteiger partial charge in [0, 0.05) is 25.4 Å². The molecule has 1 aromatic rings. The van der Waals surface area contributed by atoms with Crippen LogP contribution < -0.4 is 0 Å². The van der Waals surface area contributed by atoms with Crippen LogP contribution >= 0.6 is 0 Å². The van der Waals surface area contributed by atoms with Crippen LogP contribution in [0.4, 0.5) is 0 Å². The highest BCUT2D eigenvalue weighted by molar-refractivity contribution is 5.77. The fraction of sp³-hybridized carbons (Fsp3) is 0.704. The van der Waals surface area contributed by atoms with Crippen LogP contribution in [0.25, 0.3) is 0 Å². The molecule has 3 aliphatic heterocycles. The Bertz CT molecular complexity index is 663. The molecule has 0 aromatic heterocycles. The van der Waals surface area contributed by atoms with E-state index in [-0.39, 0.29) is 7.43 Å². The highest BCUT2D eigenvalue weighted by Crippen LogP contribution is 2.40. The maximum Gasteiger partial charge on any atom is 0.223 e. The number of hydrogen-bond acceptors (Lipinski definition) is 2. The van der Waals surface area contributed by atoms with Crippen LogP contribution in [0.3, 0.4) is 0 Å². The van der Waals surface area contributed by atoms with E-state index in [2.05, 4.69) is 36.1 Å². The van der Waals surface area contributed by atoms with Crippen LogP contribution in [-0.2, 0) is 16.0 Å². The van der Waals surface area contributed by atoms with Crippen molar-refractivity contribution in [3.05, 3.63) is 35.4 Å². The molecule has 1 aliphatic carbocycles. The molecule has 3 nitrogen and oxygen atoms in total. The first-order chi connectivity index (χ1) is 14.1. The normalized spacial score (nSPS) is 28.9. The zero-order chi connectivity index (χ0) is 20.6. The molecule has 1 aromatic carbocycles. The summed E-state index contributed by atoms with van der Waals surface area (Å²) in [5.74, 6) is 2.68. The van der Waals surface area contributed by atoms with Crippen LogP contribution in [0, 0.1) is 11.8 Å². The molecule has 2 atom stereocenters. The van der Waals surface area contributed by atoms with E-state index in [1.807, 2.05) is 6.92 Å². The van der Waals surface area contributed by atoms with E-state index in [0.29, 0.717) is 30.7 Å². The minimum absolute atomic E-state index is 0. The molecule has 0 spiro atoms. The van der Waals surface area contributed by atoms with Gasteiger partial charge in [0.25, 0.3) is 0 Å². The number of fused-ring (bicyclic) bond motifs is 5. The van der Waals surface area contributed by atoms with E-state index in [0.717, 1.165) is 31.1 Å². The second-order valence-electron chi connectivity index (χ2n) is 9.34. The summed E-state index contributed by atoms with van der Waals surface area (Å²) >= 11 is 0. The molecule has 30 heavy (non-hydrogen) atoms. The highest BCUT2D eigenvalue weighted by atomic mass is 16.2. The van der Waals surface area contributed by atoms with Crippen LogP contribution in [0.5, 0.6) is 0 Å². The van der Waals surface area contributed by atoms with Gasteiger partial charge in [-0.05, 0) is 86.7 Å². The number of aryl methyl sites for hydroxylation is 1. The second-order valence-corrected chi connectivity index (χ2v) is 9.34. The van der Waals surface area contributed by atoms with E-state index >= 15 is 0 Å². The third-order valence-corrected chi connectivity index (χ3v) is 7.42. The van der Waals surface area contributed by atoms with Crippen molar-refractivity contribution in [3.63, 3.8) is 0 Å². The molecule has 5 rings (SSSR count). The summed E-state index contributed by atoms with van der Waals surface area (Å²) < 4.78 is 0. The number of nitrogens with zero attached hydrogens (tertiary/aromatic N) is 1. The van der Waals surface area contributed by atoms with E-state index in [4.69, 9.17) is 0 Å². The van der Waals surface area contributed by atoms with Gasteiger partial charge >= 0.3 is 0 Å². The van der Waals surface area contributed by atoms with E-state index in [9.17, 15) is 9.59 Å². The van der Waals surface area contributed by atoms with Gasteiger partial charge < -0.3 is 9.69 Å². The monoisotopic (exact) mass is 413 g/mol. The standard InChI is InChI=1S/C23H33NO.C3H6O.CH4/c1-17-5-4-16-24-22(17)14-10-18-8-11-20(12-9-18)21-7-3-2-6-19(21)13-15-23(24)25;1-2-3-4;/h2-3,6-7,17-18,20,22H,4-5,8-16H2,1H3;3H,2H2,1H3;1H4. The quantitative estimate of drug-likeness (QED) is 0.490. The molecule has 1 saturated carbocycles. The fourth-order valence-corrected chi connectivity index (χ4v) is 5.71. The average Bonchev–Trinajstić information content (AvgIpc) is 2.78. The Morgan fingerprint density at radius 3 is 2.37 bits per heavy atom. The van der Waals surface area contributed by atoms with Gasteiger partial charge in [-0.1, -0.05) is 45.5 Å². The molecule has 3 heterocycles. The third-order valence-electron chi connectivity index (χ3n) is 7.42. The maximum absolute atomic E-state index is 13.0. The van der Waals surface area contributed by atoms with Crippen molar-refractivity contribution in [2.45, 2.75) is 104 Å². The molecule has 1 saturated heterocycles. The molecule has 1 amide bonds. The summed E-state index contributed by atoms with van der Waals surface area (Å²) in [7, 11) is 0. The molecule has 168 valence electrons. The largest absolute Gasteiger partial charge is 0.339 e. The summed E-state index contributed by atoms with van der Waals surface area (Å²) in [6.07, 6.45) is 13.6. The van der Waals surface area contributed by atoms with Crippen molar-refractivity contribution in [3.8, 4) is 0 Å². The fourth-order valence-electron chi connectivity index (χ4n) is 5.71. The number of aldehydes is 1. The summed E-state index contributed by atoms with van der Waals surface area (Å²) in [6.45, 7) is 5.17. The van der Waals surface area contributed by atoms with Crippen LogP contribution in [0.15, 0.2) is 24.3 Å². The number of benzene rings is 1. The molecular formula is C27H43NO2. The summed E-state index contributed by atoms with van der Waals surface area (Å²) in [5.41, 5.74) is 2.97. The van der Waals surface area contributed by atoms with Gasteiger partial charge in [-0.3, -0.25) is 4.79 Å².